The SMILES string of the molecule is O=C(O)[C@@H](c1c[nH]c2cc(F)ccc12)N1CCCN(c2ccc(C(F)(F)F)cn2)CC1. The molecule has 0 unspecified atom stereocenters. The zero-order valence-electron chi connectivity index (χ0n) is 16.4. The molecule has 1 aromatic carbocycles. The summed E-state index contributed by atoms with van der Waals surface area (Å²) in [5.41, 5.74) is 0.254. The lowest BCUT2D eigenvalue weighted by molar-refractivity contribution is -0.143. The van der Waals surface area contributed by atoms with Crippen molar-refractivity contribution in [1.82, 2.24) is 14.9 Å². The number of nitrogens with zero attached hydrogens (tertiary/aromatic N) is 3. The molecule has 1 aliphatic heterocycles. The quantitative estimate of drug-likeness (QED) is 0.604. The minimum atomic E-state index is -4.45. The molecule has 0 amide bonds. The number of aromatic amines is 1. The molecule has 3 aromatic rings. The van der Waals surface area contributed by atoms with Crippen LogP contribution >= 0.6 is 0 Å². The standard InChI is InChI=1S/C21H20F4N4O2/c22-14-3-4-15-16(12-26-17(15)10-14)19(20(30)31)29-7-1-6-28(8-9-29)18-5-2-13(11-27-18)21(23,24)25/h2-5,10-12,19,26H,1,6-9H2,(H,30,31)/t19-/m1/s1. The zero-order valence-corrected chi connectivity index (χ0v) is 16.4. The molecular formula is C21H20F4N4O2. The number of carboxylic acid groups (broad SMARTS) is 1. The Morgan fingerprint density at radius 3 is 2.61 bits per heavy atom. The smallest absolute Gasteiger partial charge is 0.417 e. The van der Waals surface area contributed by atoms with Gasteiger partial charge in [0.15, 0.2) is 0 Å². The molecule has 1 fully saturated rings. The molecular weight excluding hydrogens is 416 g/mol. The summed E-state index contributed by atoms with van der Waals surface area (Å²) in [7, 11) is 0. The highest BCUT2D eigenvalue weighted by molar-refractivity contribution is 5.89. The fraction of sp³-hybridized carbons (Fsp3) is 0.333. The van der Waals surface area contributed by atoms with E-state index in [0.29, 0.717) is 54.9 Å². The molecule has 2 aromatic heterocycles. The van der Waals surface area contributed by atoms with Gasteiger partial charge in [0, 0.05) is 55.0 Å². The number of hydrogen-bond donors (Lipinski definition) is 2. The minimum Gasteiger partial charge on any atom is -0.480 e. The number of pyridine rings is 1. The number of benzene rings is 1. The molecule has 1 aliphatic rings. The summed E-state index contributed by atoms with van der Waals surface area (Å²) in [4.78, 5) is 22.7. The van der Waals surface area contributed by atoms with Crippen molar-refractivity contribution in [1.29, 1.82) is 0 Å². The van der Waals surface area contributed by atoms with Crippen molar-refractivity contribution in [3.05, 3.63) is 59.7 Å². The fourth-order valence-electron chi connectivity index (χ4n) is 4.00. The number of aromatic nitrogens is 2. The van der Waals surface area contributed by atoms with Crippen LogP contribution in [0.15, 0.2) is 42.7 Å². The highest BCUT2D eigenvalue weighted by Gasteiger charge is 2.33. The van der Waals surface area contributed by atoms with E-state index >= 15 is 0 Å². The lowest BCUT2D eigenvalue weighted by atomic mass is 10.0. The van der Waals surface area contributed by atoms with Crippen LogP contribution in [-0.4, -0.2) is 52.1 Å². The first kappa shape index (κ1) is 21.1. The third-order valence-electron chi connectivity index (χ3n) is 5.50. The van der Waals surface area contributed by atoms with E-state index in [-0.39, 0.29) is 0 Å². The summed E-state index contributed by atoms with van der Waals surface area (Å²) in [6.07, 6.45) is -1.44. The Labute approximate surface area is 175 Å². The van der Waals surface area contributed by atoms with Crippen LogP contribution in [0.4, 0.5) is 23.4 Å². The molecule has 0 radical (unpaired) electrons. The van der Waals surface area contributed by atoms with Crippen molar-refractivity contribution < 1.29 is 27.5 Å². The van der Waals surface area contributed by atoms with E-state index in [4.69, 9.17) is 0 Å². The maximum Gasteiger partial charge on any atom is 0.417 e. The van der Waals surface area contributed by atoms with Crippen LogP contribution < -0.4 is 4.90 Å². The summed E-state index contributed by atoms with van der Waals surface area (Å²) < 4.78 is 51.8. The number of aliphatic carboxylic acids is 1. The minimum absolute atomic E-state index is 0.382. The molecule has 6 nitrogen and oxygen atoms in total. The van der Waals surface area contributed by atoms with Gasteiger partial charge in [0.25, 0.3) is 0 Å². The van der Waals surface area contributed by atoms with Crippen molar-refractivity contribution in [2.75, 3.05) is 31.1 Å². The topological polar surface area (TPSA) is 72.5 Å². The highest BCUT2D eigenvalue weighted by atomic mass is 19.4. The van der Waals surface area contributed by atoms with E-state index in [1.807, 2.05) is 9.80 Å². The van der Waals surface area contributed by atoms with Gasteiger partial charge in [0.1, 0.15) is 17.7 Å². The van der Waals surface area contributed by atoms with Crippen molar-refractivity contribution >= 4 is 22.7 Å². The Morgan fingerprint density at radius 1 is 1.13 bits per heavy atom. The Kier molecular flexibility index (Phi) is 5.57. The average molecular weight is 436 g/mol. The average Bonchev–Trinajstić information content (AvgIpc) is 2.96. The van der Waals surface area contributed by atoms with E-state index in [9.17, 15) is 27.5 Å². The number of nitrogens with one attached hydrogen (secondary N) is 1. The summed E-state index contributed by atoms with van der Waals surface area (Å²) in [5, 5.41) is 10.6. The molecule has 31 heavy (non-hydrogen) atoms. The van der Waals surface area contributed by atoms with E-state index in [0.717, 1.165) is 12.3 Å². The maximum atomic E-state index is 13.5. The normalized spacial score (nSPS) is 17.0. The lowest BCUT2D eigenvalue weighted by Crippen LogP contribution is -2.37. The van der Waals surface area contributed by atoms with Crippen molar-refractivity contribution in [3.8, 4) is 0 Å². The van der Waals surface area contributed by atoms with Gasteiger partial charge in [0.05, 0.1) is 5.56 Å². The number of hydrogen-bond acceptors (Lipinski definition) is 4. The molecule has 0 spiro atoms. The summed E-state index contributed by atoms with van der Waals surface area (Å²) in [6, 6.07) is 5.57. The molecule has 4 rings (SSSR count). The zero-order chi connectivity index (χ0) is 22.2. The van der Waals surface area contributed by atoms with Gasteiger partial charge in [-0.25, -0.2) is 9.37 Å². The molecule has 3 heterocycles. The molecule has 1 atom stereocenters. The van der Waals surface area contributed by atoms with Gasteiger partial charge >= 0.3 is 12.1 Å². The van der Waals surface area contributed by atoms with Crippen LogP contribution in [0.25, 0.3) is 10.9 Å². The van der Waals surface area contributed by atoms with E-state index in [1.54, 1.807) is 12.3 Å². The third kappa shape index (κ3) is 4.34. The molecule has 10 heteroatoms. The van der Waals surface area contributed by atoms with Gasteiger partial charge < -0.3 is 15.0 Å². The van der Waals surface area contributed by atoms with Gasteiger partial charge in [0.2, 0.25) is 0 Å². The van der Waals surface area contributed by atoms with Gasteiger partial charge in [-0.2, -0.15) is 13.2 Å². The van der Waals surface area contributed by atoms with E-state index in [2.05, 4.69) is 9.97 Å². The van der Waals surface area contributed by atoms with Gasteiger partial charge in [-0.15, -0.1) is 0 Å². The Morgan fingerprint density at radius 2 is 1.94 bits per heavy atom. The fourth-order valence-corrected chi connectivity index (χ4v) is 4.00. The number of carbonyl (C=O) groups is 1. The van der Waals surface area contributed by atoms with Gasteiger partial charge in [-0.05, 0) is 36.8 Å². The summed E-state index contributed by atoms with van der Waals surface area (Å²) in [6.45, 7) is 1.83. The summed E-state index contributed by atoms with van der Waals surface area (Å²) >= 11 is 0. The number of alkyl halides is 3. The predicted molar refractivity (Wildman–Crippen MR) is 106 cm³/mol. The van der Waals surface area contributed by atoms with Crippen molar-refractivity contribution in [3.63, 3.8) is 0 Å². The van der Waals surface area contributed by atoms with Gasteiger partial charge in [-0.3, -0.25) is 9.69 Å². The largest absolute Gasteiger partial charge is 0.480 e. The molecule has 0 saturated carbocycles. The monoisotopic (exact) mass is 436 g/mol. The number of H-pyrrole nitrogens is 1. The predicted octanol–water partition coefficient (Wildman–Crippen LogP) is 4.06. The number of carboxylic acids is 1. The first-order valence-electron chi connectivity index (χ1n) is 9.75. The maximum absolute atomic E-state index is 13.5. The highest BCUT2D eigenvalue weighted by Crippen LogP contribution is 2.31. The third-order valence-corrected chi connectivity index (χ3v) is 5.50. The number of rotatable bonds is 4. The molecule has 1 saturated heterocycles. The van der Waals surface area contributed by atoms with Crippen molar-refractivity contribution in [2.45, 2.75) is 18.6 Å². The number of fused-ring (bicyclic) bond motifs is 1. The second kappa shape index (κ2) is 8.18. The Balaban J connectivity index is 1.54. The van der Waals surface area contributed by atoms with Crippen molar-refractivity contribution in [2.24, 2.45) is 0 Å². The van der Waals surface area contributed by atoms with Crippen LogP contribution in [-0.2, 0) is 11.0 Å². The van der Waals surface area contributed by atoms with Crippen LogP contribution in [0.5, 0.6) is 0 Å². The summed E-state index contributed by atoms with van der Waals surface area (Å²) in [5.74, 6) is -1.02. The second-order valence-electron chi connectivity index (χ2n) is 7.45. The molecule has 0 bridgehead atoms. The van der Waals surface area contributed by atoms with Crippen LogP contribution in [0, 0.1) is 5.82 Å². The second-order valence-corrected chi connectivity index (χ2v) is 7.45. The number of anilines is 1. The molecule has 0 aliphatic carbocycles. The lowest BCUT2D eigenvalue weighted by Gasteiger charge is -2.27. The van der Waals surface area contributed by atoms with Crippen LogP contribution in [0.2, 0.25) is 0 Å². The van der Waals surface area contributed by atoms with Crippen LogP contribution in [0.1, 0.15) is 23.6 Å². The molecule has 2 N–H and O–H groups in total. The Hall–Kier alpha value is -3.14. The van der Waals surface area contributed by atoms with E-state index in [1.165, 1.54) is 18.2 Å². The van der Waals surface area contributed by atoms with Gasteiger partial charge in [-0.1, -0.05) is 0 Å². The number of halogens is 4. The Bertz CT molecular complexity index is 1080. The first-order valence-corrected chi connectivity index (χ1v) is 9.75. The molecule has 164 valence electrons. The first-order chi connectivity index (χ1) is 14.7. The van der Waals surface area contributed by atoms with E-state index < -0.39 is 29.6 Å². The van der Waals surface area contributed by atoms with Crippen LogP contribution in [0.3, 0.4) is 0 Å².